The third kappa shape index (κ3) is 3.92. The molecular weight excluding hydrogens is 342 g/mol. The van der Waals surface area contributed by atoms with Gasteiger partial charge in [0, 0.05) is 0 Å². The van der Waals surface area contributed by atoms with E-state index in [1.807, 2.05) is 12.1 Å². The van der Waals surface area contributed by atoms with Gasteiger partial charge in [0.05, 0.1) is 0 Å². The summed E-state index contributed by atoms with van der Waals surface area (Å²) < 4.78 is 29.1. The van der Waals surface area contributed by atoms with Gasteiger partial charge in [-0.1, -0.05) is 36.4 Å². The van der Waals surface area contributed by atoms with Gasteiger partial charge >= 0.3 is 6.61 Å². The van der Waals surface area contributed by atoms with Crippen LogP contribution in [0.1, 0.15) is 53.5 Å². The Kier molecular flexibility index (Phi) is 5.29. The van der Waals surface area contributed by atoms with Crippen molar-refractivity contribution in [2.24, 2.45) is 5.92 Å². The van der Waals surface area contributed by atoms with E-state index in [1.165, 1.54) is 36.0 Å². The molecule has 0 heterocycles. The fourth-order valence-corrected chi connectivity index (χ4v) is 4.84. The molecule has 0 amide bonds. The molecule has 3 heteroatoms. The summed E-state index contributed by atoms with van der Waals surface area (Å²) in [5, 5.41) is 0. The second kappa shape index (κ2) is 7.84. The van der Waals surface area contributed by atoms with Crippen molar-refractivity contribution >= 4 is 0 Å². The molecule has 2 aliphatic rings. The van der Waals surface area contributed by atoms with Crippen LogP contribution in [0.3, 0.4) is 0 Å². The van der Waals surface area contributed by atoms with Crippen LogP contribution in [0.5, 0.6) is 5.75 Å². The highest BCUT2D eigenvalue weighted by Crippen LogP contribution is 2.38. The Hall–Kier alpha value is -2.16. The van der Waals surface area contributed by atoms with E-state index in [-0.39, 0.29) is 5.75 Å². The van der Waals surface area contributed by atoms with Crippen LogP contribution < -0.4 is 4.74 Å². The summed E-state index contributed by atoms with van der Waals surface area (Å²) in [6.45, 7) is -0.662. The molecule has 0 spiro atoms. The van der Waals surface area contributed by atoms with Crippen molar-refractivity contribution < 1.29 is 13.5 Å². The minimum atomic E-state index is -2.77. The van der Waals surface area contributed by atoms with Crippen molar-refractivity contribution in [2.45, 2.75) is 58.0 Å². The summed E-state index contributed by atoms with van der Waals surface area (Å²) >= 11 is 0. The lowest BCUT2D eigenvalue weighted by molar-refractivity contribution is -0.0498. The number of ether oxygens (including phenoxy) is 1. The molecule has 0 aliphatic heterocycles. The van der Waals surface area contributed by atoms with Gasteiger partial charge in [0.2, 0.25) is 0 Å². The molecule has 1 nitrogen and oxygen atoms in total. The third-order valence-electron chi connectivity index (χ3n) is 6.12. The molecule has 27 heavy (non-hydrogen) atoms. The van der Waals surface area contributed by atoms with Crippen LogP contribution in [0.4, 0.5) is 8.78 Å². The van der Waals surface area contributed by atoms with E-state index in [1.54, 1.807) is 23.3 Å². The SMILES string of the molecule is CC=CC1CCc2c(ccc3c2CCC(c2ccc(OC(F)F)cc2)C3)C1. The Labute approximate surface area is 160 Å². The first-order chi connectivity index (χ1) is 13.1. The van der Waals surface area contributed by atoms with Crippen molar-refractivity contribution in [1.29, 1.82) is 0 Å². The van der Waals surface area contributed by atoms with Gasteiger partial charge in [-0.25, -0.2) is 0 Å². The van der Waals surface area contributed by atoms with Crippen LogP contribution in [0.2, 0.25) is 0 Å². The normalized spacial score (nSPS) is 21.9. The van der Waals surface area contributed by atoms with Gasteiger partial charge in [0.15, 0.2) is 0 Å². The fraction of sp³-hybridized carbons (Fsp3) is 0.417. The summed E-state index contributed by atoms with van der Waals surface area (Å²) in [6.07, 6.45) is 11.4. The lowest BCUT2D eigenvalue weighted by Gasteiger charge is -2.31. The van der Waals surface area contributed by atoms with E-state index in [2.05, 4.69) is 35.9 Å². The average Bonchev–Trinajstić information content (AvgIpc) is 2.67. The maximum absolute atomic E-state index is 12.3. The van der Waals surface area contributed by atoms with Crippen LogP contribution in [-0.4, -0.2) is 6.61 Å². The monoisotopic (exact) mass is 368 g/mol. The van der Waals surface area contributed by atoms with Crippen LogP contribution >= 0.6 is 0 Å². The van der Waals surface area contributed by atoms with E-state index in [4.69, 9.17) is 0 Å². The molecule has 142 valence electrons. The maximum atomic E-state index is 12.3. The average molecular weight is 368 g/mol. The Bertz CT molecular complexity index is 823. The van der Waals surface area contributed by atoms with Gasteiger partial charge in [-0.3, -0.25) is 0 Å². The molecule has 0 N–H and O–H groups in total. The van der Waals surface area contributed by atoms with Crippen LogP contribution in [0.15, 0.2) is 48.6 Å². The predicted octanol–water partition coefficient (Wildman–Crippen LogP) is 6.24. The summed E-state index contributed by atoms with van der Waals surface area (Å²) in [4.78, 5) is 0. The highest BCUT2D eigenvalue weighted by atomic mass is 19.3. The van der Waals surface area contributed by atoms with Gasteiger partial charge < -0.3 is 4.74 Å². The highest BCUT2D eigenvalue weighted by molar-refractivity contribution is 5.46. The first kappa shape index (κ1) is 18.2. The zero-order chi connectivity index (χ0) is 18.8. The van der Waals surface area contributed by atoms with Gasteiger partial charge in [0.1, 0.15) is 5.75 Å². The molecule has 2 aliphatic carbocycles. The number of halogens is 2. The molecule has 0 aromatic heterocycles. The number of fused-ring (bicyclic) bond motifs is 3. The molecular formula is C24H26F2O. The first-order valence-corrected chi connectivity index (χ1v) is 9.94. The third-order valence-corrected chi connectivity index (χ3v) is 6.12. The Morgan fingerprint density at radius 3 is 2.26 bits per heavy atom. The highest BCUT2D eigenvalue weighted by Gasteiger charge is 2.26. The Morgan fingerprint density at radius 1 is 0.926 bits per heavy atom. The molecule has 0 saturated carbocycles. The second-order valence-corrected chi connectivity index (χ2v) is 7.76. The van der Waals surface area contributed by atoms with Gasteiger partial charge in [0.25, 0.3) is 0 Å². The number of rotatable bonds is 4. The number of allylic oxidation sites excluding steroid dienone is 2. The van der Waals surface area contributed by atoms with E-state index >= 15 is 0 Å². The zero-order valence-electron chi connectivity index (χ0n) is 15.8. The smallest absolute Gasteiger partial charge is 0.387 e. The minimum absolute atomic E-state index is 0.231. The molecule has 0 bridgehead atoms. The van der Waals surface area contributed by atoms with Crippen molar-refractivity contribution in [3.05, 3.63) is 76.4 Å². The van der Waals surface area contributed by atoms with E-state index < -0.39 is 6.61 Å². The van der Waals surface area contributed by atoms with Gasteiger partial charge in [-0.05, 0) is 97.2 Å². The molecule has 0 radical (unpaired) electrons. The lowest BCUT2D eigenvalue weighted by atomic mass is 9.74. The molecule has 2 atom stereocenters. The minimum Gasteiger partial charge on any atom is -0.435 e. The molecule has 4 rings (SSSR count). The van der Waals surface area contributed by atoms with Crippen molar-refractivity contribution in [2.75, 3.05) is 0 Å². The summed E-state index contributed by atoms with van der Waals surface area (Å²) in [5.41, 5.74) is 7.42. The largest absolute Gasteiger partial charge is 0.435 e. The topological polar surface area (TPSA) is 9.23 Å². The summed E-state index contributed by atoms with van der Waals surface area (Å²) in [6, 6.07) is 11.9. The Morgan fingerprint density at radius 2 is 1.59 bits per heavy atom. The van der Waals surface area contributed by atoms with Crippen LogP contribution in [-0.2, 0) is 25.7 Å². The van der Waals surface area contributed by atoms with Crippen molar-refractivity contribution in [3.63, 3.8) is 0 Å². The number of hydrogen-bond donors (Lipinski definition) is 0. The quantitative estimate of drug-likeness (QED) is 0.580. The van der Waals surface area contributed by atoms with Crippen LogP contribution in [0, 0.1) is 5.92 Å². The fourth-order valence-electron chi connectivity index (χ4n) is 4.84. The zero-order valence-corrected chi connectivity index (χ0v) is 15.8. The summed E-state index contributed by atoms with van der Waals surface area (Å²) in [5.74, 6) is 1.37. The maximum Gasteiger partial charge on any atom is 0.387 e. The van der Waals surface area contributed by atoms with Crippen LogP contribution in [0.25, 0.3) is 0 Å². The molecule has 2 aromatic rings. The van der Waals surface area contributed by atoms with Gasteiger partial charge in [-0.15, -0.1) is 0 Å². The number of hydrogen-bond acceptors (Lipinski definition) is 1. The van der Waals surface area contributed by atoms with E-state index in [0.29, 0.717) is 11.8 Å². The number of benzene rings is 2. The first-order valence-electron chi connectivity index (χ1n) is 9.94. The van der Waals surface area contributed by atoms with E-state index in [9.17, 15) is 8.78 Å². The predicted molar refractivity (Wildman–Crippen MR) is 105 cm³/mol. The lowest BCUT2D eigenvalue weighted by Crippen LogP contribution is -2.20. The molecule has 0 fully saturated rings. The molecule has 0 saturated heterocycles. The molecule has 2 unspecified atom stereocenters. The molecule has 2 aromatic carbocycles. The van der Waals surface area contributed by atoms with Gasteiger partial charge in [-0.2, -0.15) is 8.78 Å². The van der Waals surface area contributed by atoms with Crippen molar-refractivity contribution in [1.82, 2.24) is 0 Å². The Balaban J connectivity index is 1.51. The second-order valence-electron chi connectivity index (χ2n) is 7.76. The standard InChI is InChI=1S/C24H26F2O/c1-2-3-16-4-12-22-19(14-16)5-6-20-15-18(9-13-23(20)22)17-7-10-21(11-8-17)27-24(25)26/h2-3,5-8,10-11,16,18,24H,4,9,12-15H2,1H3. The summed E-state index contributed by atoms with van der Waals surface area (Å²) in [7, 11) is 0. The van der Waals surface area contributed by atoms with Crippen molar-refractivity contribution in [3.8, 4) is 5.75 Å². The number of alkyl halides is 2. The van der Waals surface area contributed by atoms with E-state index in [0.717, 1.165) is 19.3 Å².